The van der Waals surface area contributed by atoms with Crippen LogP contribution in [-0.4, -0.2) is 53.4 Å². The number of hydrogen-bond donors (Lipinski definition) is 2. The lowest BCUT2D eigenvalue weighted by Crippen LogP contribution is -2.58. The van der Waals surface area contributed by atoms with E-state index < -0.39 is 6.04 Å². The minimum absolute atomic E-state index is 0.111. The van der Waals surface area contributed by atoms with Gasteiger partial charge in [0.1, 0.15) is 6.04 Å². The number of carbonyl (C=O) groups excluding carboxylic acids is 2. The minimum Gasteiger partial charge on any atom is -0.395 e. The third-order valence-electron chi connectivity index (χ3n) is 3.77. The number of amidine groups is 1. The van der Waals surface area contributed by atoms with Crippen LogP contribution in [0.2, 0.25) is 0 Å². The molecule has 1 aliphatic heterocycles. The Morgan fingerprint density at radius 3 is 2.67 bits per heavy atom. The highest BCUT2D eigenvalue weighted by atomic mass is 16.3. The van der Waals surface area contributed by atoms with E-state index in [0.29, 0.717) is 12.2 Å². The van der Waals surface area contributed by atoms with Crippen molar-refractivity contribution in [3.63, 3.8) is 0 Å². The minimum atomic E-state index is -0.646. The number of hydrazine groups is 1. The lowest BCUT2D eigenvalue weighted by atomic mass is 10.2. The number of carbonyl (C=O) groups is 2. The number of aliphatic hydroxyl groups is 1. The fourth-order valence-corrected chi connectivity index (χ4v) is 2.43. The lowest BCUT2D eigenvalue weighted by molar-refractivity contribution is -0.125. The quantitative estimate of drug-likeness (QED) is 0.778. The average molecular weight is 332 g/mol. The first kappa shape index (κ1) is 17.9. The van der Waals surface area contributed by atoms with E-state index in [4.69, 9.17) is 0 Å². The molecule has 0 saturated heterocycles. The summed E-state index contributed by atoms with van der Waals surface area (Å²) in [7, 11) is 0. The molecule has 2 N–H and O–H groups in total. The van der Waals surface area contributed by atoms with Crippen molar-refractivity contribution >= 4 is 23.3 Å². The van der Waals surface area contributed by atoms with E-state index in [9.17, 15) is 14.7 Å². The maximum absolute atomic E-state index is 12.7. The molecule has 1 heterocycles. The number of benzene rings is 1. The molecule has 130 valence electrons. The van der Waals surface area contributed by atoms with Crippen molar-refractivity contribution in [3.8, 4) is 0 Å². The predicted octanol–water partition coefficient (Wildman–Crippen LogP) is 0.946. The van der Waals surface area contributed by atoms with Crippen LogP contribution in [0.3, 0.4) is 0 Å². The molecule has 0 radical (unpaired) electrons. The number of nitrogens with zero attached hydrogens (tertiary/aromatic N) is 3. The first-order valence-electron chi connectivity index (χ1n) is 8.22. The molecule has 2 amide bonds. The molecule has 1 unspecified atom stereocenters. The summed E-state index contributed by atoms with van der Waals surface area (Å²) in [4.78, 5) is 30.8. The van der Waals surface area contributed by atoms with E-state index in [1.807, 2.05) is 25.1 Å². The van der Waals surface area contributed by atoms with Crippen molar-refractivity contribution in [2.45, 2.75) is 32.7 Å². The first-order valence-corrected chi connectivity index (χ1v) is 8.22. The lowest BCUT2D eigenvalue weighted by Gasteiger charge is -2.32. The molecule has 7 heteroatoms. The molecule has 7 nitrogen and oxygen atoms in total. The van der Waals surface area contributed by atoms with Crippen LogP contribution in [0.5, 0.6) is 0 Å². The molecule has 0 spiro atoms. The van der Waals surface area contributed by atoms with Gasteiger partial charge in [0, 0.05) is 13.1 Å². The van der Waals surface area contributed by atoms with Gasteiger partial charge in [0.05, 0.1) is 12.3 Å². The molecule has 0 saturated carbocycles. The fraction of sp³-hybridized carbons (Fsp3) is 0.471. The molecule has 1 aliphatic rings. The Bertz CT molecular complexity index is 603. The molecule has 0 aliphatic carbocycles. The maximum Gasteiger partial charge on any atom is 0.290 e. The van der Waals surface area contributed by atoms with E-state index in [1.54, 1.807) is 24.0 Å². The van der Waals surface area contributed by atoms with Crippen molar-refractivity contribution in [3.05, 3.63) is 30.3 Å². The number of aliphatic hydroxyl groups excluding tert-OH is 1. The molecule has 1 atom stereocenters. The van der Waals surface area contributed by atoms with Crippen molar-refractivity contribution in [2.24, 2.45) is 4.99 Å². The highest BCUT2D eigenvalue weighted by Crippen LogP contribution is 2.16. The van der Waals surface area contributed by atoms with Crippen LogP contribution >= 0.6 is 0 Å². The van der Waals surface area contributed by atoms with Gasteiger partial charge in [-0.2, -0.15) is 0 Å². The molecule has 0 bridgehead atoms. The molecular weight excluding hydrogens is 308 g/mol. The Labute approximate surface area is 141 Å². The van der Waals surface area contributed by atoms with Crippen LogP contribution in [0.15, 0.2) is 35.3 Å². The van der Waals surface area contributed by atoms with Crippen molar-refractivity contribution < 1.29 is 14.7 Å². The summed E-state index contributed by atoms with van der Waals surface area (Å²) in [5.41, 5.74) is 3.48. The Morgan fingerprint density at radius 2 is 2.04 bits per heavy atom. The normalized spacial score (nSPS) is 17.3. The third-order valence-corrected chi connectivity index (χ3v) is 3.77. The topological polar surface area (TPSA) is 85.2 Å². The summed E-state index contributed by atoms with van der Waals surface area (Å²) in [5.74, 6) is -0.409. The van der Waals surface area contributed by atoms with Gasteiger partial charge in [-0.1, -0.05) is 31.5 Å². The van der Waals surface area contributed by atoms with Gasteiger partial charge in [0.15, 0.2) is 0 Å². The molecule has 0 aromatic heterocycles. The van der Waals surface area contributed by atoms with Crippen molar-refractivity contribution in [2.75, 3.05) is 24.7 Å². The fourth-order valence-electron chi connectivity index (χ4n) is 2.43. The summed E-state index contributed by atoms with van der Waals surface area (Å²) in [5, 5.41) is 10.5. The SMILES string of the molecule is CCCCN(CCO)C(=O)C1=NC(C)C(=O)N(c2ccccc2)N1. The van der Waals surface area contributed by atoms with Crippen molar-refractivity contribution in [1.29, 1.82) is 0 Å². The van der Waals surface area contributed by atoms with Crippen molar-refractivity contribution in [1.82, 2.24) is 10.3 Å². The molecule has 1 aromatic rings. The average Bonchev–Trinajstić information content (AvgIpc) is 2.61. The highest BCUT2D eigenvalue weighted by molar-refractivity contribution is 6.39. The number of para-hydroxylation sites is 1. The van der Waals surface area contributed by atoms with Crippen LogP contribution in [0.4, 0.5) is 5.69 Å². The van der Waals surface area contributed by atoms with Gasteiger partial charge in [-0.15, -0.1) is 0 Å². The molecule has 24 heavy (non-hydrogen) atoms. The standard InChI is InChI=1S/C17H24N4O3/c1-3-4-10-20(11-12-22)17(24)15-18-13(2)16(23)21(19-15)14-8-6-5-7-9-14/h5-9,13,22H,3-4,10-12H2,1-2H3,(H,18,19). The van der Waals surface area contributed by atoms with Gasteiger partial charge in [0.25, 0.3) is 11.8 Å². The molecule has 0 fully saturated rings. The van der Waals surface area contributed by atoms with E-state index >= 15 is 0 Å². The van der Waals surface area contributed by atoms with Gasteiger partial charge in [-0.05, 0) is 25.5 Å². The second-order valence-corrected chi connectivity index (χ2v) is 5.64. The largest absolute Gasteiger partial charge is 0.395 e. The number of nitrogens with one attached hydrogen (secondary N) is 1. The van der Waals surface area contributed by atoms with Crippen LogP contribution in [0, 0.1) is 0 Å². The summed E-state index contributed by atoms with van der Waals surface area (Å²) in [6.07, 6.45) is 1.79. The predicted molar refractivity (Wildman–Crippen MR) is 92.5 cm³/mol. The van der Waals surface area contributed by atoms with Crippen LogP contribution in [0.25, 0.3) is 0 Å². The van der Waals surface area contributed by atoms with E-state index in [-0.39, 0.29) is 30.8 Å². The summed E-state index contributed by atoms with van der Waals surface area (Å²) in [6.45, 7) is 4.38. The summed E-state index contributed by atoms with van der Waals surface area (Å²) >= 11 is 0. The van der Waals surface area contributed by atoms with E-state index in [0.717, 1.165) is 12.8 Å². The maximum atomic E-state index is 12.7. The Hall–Kier alpha value is -2.41. The van der Waals surface area contributed by atoms with E-state index in [2.05, 4.69) is 10.4 Å². The zero-order chi connectivity index (χ0) is 17.5. The summed E-state index contributed by atoms with van der Waals surface area (Å²) in [6, 6.07) is 8.42. The number of unbranched alkanes of at least 4 members (excludes halogenated alkanes) is 1. The number of aliphatic imine (C=N–C) groups is 1. The van der Waals surface area contributed by atoms with Gasteiger partial charge in [0.2, 0.25) is 5.84 Å². The smallest absolute Gasteiger partial charge is 0.290 e. The number of anilines is 1. The molecule has 1 aromatic carbocycles. The van der Waals surface area contributed by atoms with Crippen LogP contribution < -0.4 is 10.4 Å². The van der Waals surface area contributed by atoms with Crippen LogP contribution in [0.1, 0.15) is 26.7 Å². The first-order chi connectivity index (χ1) is 11.6. The third kappa shape index (κ3) is 4.11. The number of hydrogen-bond acceptors (Lipinski definition) is 5. The van der Waals surface area contributed by atoms with Gasteiger partial charge in [-0.3, -0.25) is 15.0 Å². The zero-order valence-corrected chi connectivity index (χ0v) is 14.1. The van der Waals surface area contributed by atoms with E-state index in [1.165, 1.54) is 5.01 Å². The highest BCUT2D eigenvalue weighted by Gasteiger charge is 2.32. The molecular formula is C17H24N4O3. The summed E-state index contributed by atoms with van der Waals surface area (Å²) < 4.78 is 0. The molecule has 2 rings (SSSR count). The van der Waals surface area contributed by atoms with Crippen LogP contribution in [-0.2, 0) is 9.59 Å². The Balaban J connectivity index is 2.21. The Morgan fingerprint density at radius 1 is 1.33 bits per heavy atom. The van der Waals surface area contributed by atoms with Gasteiger partial charge < -0.3 is 10.0 Å². The number of rotatable bonds is 7. The second-order valence-electron chi connectivity index (χ2n) is 5.64. The monoisotopic (exact) mass is 332 g/mol. The number of amides is 2. The Kier molecular flexibility index (Phi) is 6.31. The van der Waals surface area contributed by atoms with Gasteiger partial charge >= 0.3 is 0 Å². The zero-order valence-electron chi connectivity index (χ0n) is 14.1. The van der Waals surface area contributed by atoms with Gasteiger partial charge in [-0.25, -0.2) is 10.0 Å². The second kappa shape index (κ2) is 8.44.